The van der Waals surface area contributed by atoms with Crippen molar-refractivity contribution < 1.29 is 0 Å². The van der Waals surface area contributed by atoms with Gasteiger partial charge in [-0.15, -0.1) is 0 Å². The standard InChI is InChI=1S/C41H29N3/c1-2-4-12-28(13-5-3-1)37-17-10-18-38(43-37)29-21-23-33-34-24-22-30(27-36(34)32-15-7-6-14-31(32)35(33)26-29)39-19-11-20-41(44-39)40-16-8-9-25-42-40/h1-2,4,6-27H,3,5H2/b2-1-,12-4-,28-13+. The van der Waals surface area contributed by atoms with Gasteiger partial charge in [-0.1, -0.05) is 97.1 Å². The Labute approximate surface area is 256 Å². The second-order valence-corrected chi connectivity index (χ2v) is 11.1. The SMILES string of the molecule is C1=C/CC\C=C(c2cccc(-c3ccc4c5ccc(-c6cccc(-c7ccccn7)n6)cc5c5ccccc5c4c3)n2)/C=C\1. The molecule has 0 atom stereocenters. The maximum Gasteiger partial charge on any atom is 0.0893 e. The molecule has 0 saturated heterocycles. The number of allylic oxidation sites excluding steroid dienone is 6. The van der Waals surface area contributed by atoms with E-state index in [4.69, 9.17) is 9.97 Å². The minimum atomic E-state index is 0.871. The molecule has 0 N–H and O–H groups in total. The highest BCUT2D eigenvalue weighted by atomic mass is 14.8. The fraction of sp³-hybridized carbons (Fsp3) is 0.0488. The first-order valence-corrected chi connectivity index (χ1v) is 15.1. The van der Waals surface area contributed by atoms with Crippen LogP contribution < -0.4 is 0 Å². The third-order valence-electron chi connectivity index (χ3n) is 8.37. The molecule has 0 spiro atoms. The molecule has 3 nitrogen and oxygen atoms in total. The van der Waals surface area contributed by atoms with Crippen LogP contribution in [0.4, 0.5) is 0 Å². The van der Waals surface area contributed by atoms with Crippen molar-refractivity contribution in [1.29, 1.82) is 0 Å². The molecule has 7 aromatic rings. The van der Waals surface area contributed by atoms with Crippen molar-refractivity contribution in [2.45, 2.75) is 12.8 Å². The Kier molecular flexibility index (Phi) is 6.62. The van der Waals surface area contributed by atoms with Gasteiger partial charge in [0.25, 0.3) is 0 Å². The predicted molar refractivity (Wildman–Crippen MR) is 184 cm³/mol. The van der Waals surface area contributed by atoms with E-state index in [0.29, 0.717) is 0 Å². The van der Waals surface area contributed by atoms with E-state index in [-0.39, 0.29) is 0 Å². The van der Waals surface area contributed by atoms with Crippen LogP contribution in [0.2, 0.25) is 0 Å². The summed E-state index contributed by atoms with van der Waals surface area (Å²) in [7, 11) is 0. The first-order valence-electron chi connectivity index (χ1n) is 15.1. The molecule has 1 aliphatic carbocycles. The minimum Gasteiger partial charge on any atom is -0.255 e. The maximum atomic E-state index is 5.11. The molecule has 3 heterocycles. The summed E-state index contributed by atoms with van der Waals surface area (Å²) in [6.07, 6.45) is 14.7. The van der Waals surface area contributed by atoms with Crippen LogP contribution >= 0.6 is 0 Å². The van der Waals surface area contributed by atoms with Gasteiger partial charge < -0.3 is 0 Å². The summed E-state index contributed by atoms with van der Waals surface area (Å²) in [5.41, 5.74) is 8.04. The predicted octanol–water partition coefficient (Wildman–Crippen LogP) is 10.6. The lowest BCUT2D eigenvalue weighted by Crippen LogP contribution is -1.92. The highest BCUT2D eigenvalue weighted by molar-refractivity contribution is 6.26. The van der Waals surface area contributed by atoms with Crippen molar-refractivity contribution >= 4 is 37.9 Å². The maximum absolute atomic E-state index is 5.11. The van der Waals surface area contributed by atoms with E-state index >= 15 is 0 Å². The number of benzene rings is 4. The van der Waals surface area contributed by atoms with Gasteiger partial charge in [0.15, 0.2) is 0 Å². The van der Waals surface area contributed by atoms with Crippen molar-refractivity contribution in [3.05, 3.63) is 158 Å². The van der Waals surface area contributed by atoms with Gasteiger partial charge in [-0.2, -0.15) is 0 Å². The van der Waals surface area contributed by atoms with E-state index in [1.807, 2.05) is 24.3 Å². The minimum absolute atomic E-state index is 0.871. The van der Waals surface area contributed by atoms with E-state index in [0.717, 1.165) is 52.4 Å². The molecule has 0 amide bonds. The number of aromatic nitrogens is 3. The van der Waals surface area contributed by atoms with Gasteiger partial charge in [0.1, 0.15) is 0 Å². The summed E-state index contributed by atoms with van der Waals surface area (Å²) in [5.74, 6) is 0. The van der Waals surface area contributed by atoms with Crippen LogP contribution in [0.1, 0.15) is 18.5 Å². The molecule has 0 unspecified atom stereocenters. The molecule has 0 radical (unpaired) electrons. The lowest BCUT2D eigenvalue weighted by Gasteiger charge is -2.14. The number of hydrogen-bond acceptors (Lipinski definition) is 3. The Morgan fingerprint density at radius 1 is 0.432 bits per heavy atom. The molecule has 44 heavy (non-hydrogen) atoms. The van der Waals surface area contributed by atoms with Crippen molar-refractivity contribution in [3.8, 4) is 33.9 Å². The molecule has 208 valence electrons. The zero-order chi connectivity index (χ0) is 29.3. The molecule has 0 bridgehead atoms. The molecule has 3 aromatic heterocycles. The van der Waals surface area contributed by atoms with E-state index < -0.39 is 0 Å². The zero-order valence-corrected chi connectivity index (χ0v) is 24.2. The Balaban J connectivity index is 1.25. The molecular weight excluding hydrogens is 534 g/mol. The zero-order valence-electron chi connectivity index (χ0n) is 24.2. The third kappa shape index (κ3) is 4.79. The van der Waals surface area contributed by atoms with Crippen molar-refractivity contribution in [2.75, 3.05) is 0 Å². The van der Waals surface area contributed by atoms with Crippen molar-refractivity contribution in [1.82, 2.24) is 15.0 Å². The fourth-order valence-corrected chi connectivity index (χ4v) is 6.21. The smallest absolute Gasteiger partial charge is 0.0893 e. The summed E-state index contributed by atoms with van der Waals surface area (Å²) in [5, 5.41) is 7.39. The van der Waals surface area contributed by atoms with Gasteiger partial charge >= 0.3 is 0 Å². The number of hydrogen-bond donors (Lipinski definition) is 0. The van der Waals surface area contributed by atoms with Gasteiger partial charge in [-0.25, -0.2) is 9.97 Å². The molecule has 1 aliphatic rings. The number of pyridine rings is 3. The first-order chi connectivity index (χ1) is 21.8. The second-order valence-electron chi connectivity index (χ2n) is 11.1. The van der Waals surface area contributed by atoms with Gasteiger partial charge in [0.05, 0.1) is 28.5 Å². The van der Waals surface area contributed by atoms with E-state index in [9.17, 15) is 0 Å². The summed E-state index contributed by atoms with van der Waals surface area (Å²) < 4.78 is 0. The fourth-order valence-electron chi connectivity index (χ4n) is 6.21. The quantitative estimate of drug-likeness (QED) is 0.200. The molecule has 3 heteroatoms. The van der Waals surface area contributed by atoms with Crippen LogP contribution in [0.5, 0.6) is 0 Å². The summed E-state index contributed by atoms with van der Waals surface area (Å²) in [4.78, 5) is 14.6. The highest BCUT2D eigenvalue weighted by Crippen LogP contribution is 2.38. The number of fused-ring (bicyclic) bond motifs is 6. The largest absolute Gasteiger partial charge is 0.255 e. The lowest BCUT2D eigenvalue weighted by molar-refractivity contribution is 1.05. The van der Waals surface area contributed by atoms with E-state index in [1.54, 1.807) is 6.20 Å². The normalized spacial score (nSPS) is 15.9. The Hall–Kier alpha value is -5.67. The average Bonchev–Trinajstić information content (AvgIpc) is 3.08. The van der Waals surface area contributed by atoms with E-state index in [1.165, 1.54) is 37.9 Å². The molecule has 4 aromatic carbocycles. The molecule has 8 rings (SSSR count). The van der Waals surface area contributed by atoms with Crippen LogP contribution in [0.3, 0.4) is 0 Å². The summed E-state index contributed by atoms with van der Waals surface area (Å²) >= 11 is 0. The molecule has 0 fully saturated rings. The van der Waals surface area contributed by atoms with Crippen molar-refractivity contribution in [2.24, 2.45) is 0 Å². The summed E-state index contributed by atoms with van der Waals surface area (Å²) in [6.45, 7) is 0. The van der Waals surface area contributed by atoms with Crippen LogP contribution in [0.15, 0.2) is 152 Å². The molecular formula is C41H29N3. The number of rotatable bonds is 4. The first kappa shape index (κ1) is 26.0. The third-order valence-corrected chi connectivity index (χ3v) is 8.37. The van der Waals surface area contributed by atoms with Crippen LogP contribution in [-0.4, -0.2) is 15.0 Å². The molecule has 0 aliphatic heterocycles. The van der Waals surface area contributed by atoms with Gasteiger partial charge in [0.2, 0.25) is 0 Å². The number of nitrogens with zero attached hydrogens (tertiary/aromatic N) is 3. The van der Waals surface area contributed by atoms with Gasteiger partial charge in [-0.05, 0) is 99.3 Å². The monoisotopic (exact) mass is 563 g/mol. The highest BCUT2D eigenvalue weighted by Gasteiger charge is 2.13. The lowest BCUT2D eigenvalue weighted by atomic mass is 9.91. The van der Waals surface area contributed by atoms with Gasteiger partial charge in [-0.3, -0.25) is 4.98 Å². The van der Waals surface area contributed by atoms with E-state index in [2.05, 4.69) is 126 Å². The van der Waals surface area contributed by atoms with Crippen LogP contribution in [0.25, 0.3) is 71.8 Å². The Morgan fingerprint density at radius 2 is 1.02 bits per heavy atom. The van der Waals surface area contributed by atoms with Crippen LogP contribution in [0, 0.1) is 0 Å². The van der Waals surface area contributed by atoms with Gasteiger partial charge in [0, 0.05) is 17.3 Å². The molecule has 0 saturated carbocycles. The summed E-state index contributed by atoms with van der Waals surface area (Å²) in [6, 6.07) is 40.6. The Morgan fingerprint density at radius 3 is 1.70 bits per heavy atom. The van der Waals surface area contributed by atoms with Crippen molar-refractivity contribution in [3.63, 3.8) is 0 Å². The van der Waals surface area contributed by atoms with Crippen LogP contribution in [-0.2, 0) is 0 Å². The topological polar surface area (TPSA) is 38.7 Å². The Bertz CT molecular complexity index is 2260. The average molecular weight is 564 g/mol. The second kappa shape index (κ2) is 11.2.